The van der Waals surface area contributed by atoms with E-state index in [1.165, 1.54) is 11.3 Å². The second-order valence-corrected chi connectivity index (χ2v) is 7.92. The number of aromatic nitrogens is 3. The minimum absolute atomic E-state index is 0.0596. The molecule has 0 aliphatic carbocycles. The largest absolute Gasteiger partial charge is 0.433 e. The maximum absolute atomic E-state index is 13.6. The summed E-state index contributed by atoms with van der Waals surface area (Å²) in [6.45, 7) is 3.43. The highest BCUT2D eigenvalue weighted by Gasteiger charge is 2.37. The summed E-state index contributed by atoms with van der Waals surface area (Å²) < 4.78 is 41.6. The number of alkyl halides is 3. The zero-order chi connectivity index (χ0) is 20.7. The zero-order valence-electron chi connectivity index (χ0n) is 14.8. The molecule has 3 aromatic heterocycles. The van der Waals surface area contributed by atoms with Gasteiger partial charge in [0.15, 0.2) is 17.0 Å². The van der Waals surface area contributed by atoms with Crippen LogP contribution in [-0.4, -0.2) is 26.0 Å². The highest BCUT2D eigenvalue weighted by molar-refractivity contribution is 9.10. The summed E-state index contributed by atoms with van der Waals surface area (Å²) in [5.41, 5.74) is -2.17. The first kappa shape index (κ1) is 20.4. The Bertz CT molecular complexity index is 1090. The second kappa shape index (κ2) is 7.22. The van der Waals surface area contributed by atoms with E-state index in [0.29, 0.717) is 15.8 Å². The van der Waals surface area contributed by atoms with Crippen LogP contribution in [-0.2, 0) is 6.18 Å². The van der Waals surface area contributed by atoms with Gasteiger partial charge in [0.2, 0.25) is 0 Å². The van der Waals surface area contributed by atoms with E-state index in [9.17, 15) is 18.0 Å². The van der Waals surface area contributed by atoms with E-state index in [2.05, 4.69) is 37.2 Å². The van der Waals surface area contributed by atoms with Crippen LogP contribution in [0.15, 0.2) is 28.1 Å². The fourth-order valence-corrected chi connectivity index (χ4v) is 3.63. The molecule has 1 N–H and O–H groups in total. The third kappa shape index (κ3) is 3.64. The summed E-state index contributed by atoms with van der Waals surface area (Å²) in [4.78, 5) is 17.5. The van der Waals surface area contributed by atoms with Crippen LogP contribution in [0.2, 0.25) is 0 Å². The fraction of sp³-hybridized carbons (Fsp3) is 0.278. The SMILES string of the molecule is C#C[C@@](C)(CC)NC(=O)c1nn2c(C(F)(F)F)cc(-c3cccs3)nc2c1Br. The van der Waals surface area contributed by atoms with Crippen molar-refractivity contribution >= 4 is 38.8 Å². The first-order valence-electron chi connectivity index (χ1n) is 8.10. The van der Waals surface area contributed by atoms with E-state index < -0.39 is 23.3 Å². The van der Waals surface area contributed by atoms with E-state index in [0.717, 1.165) is 6.07 Å². The van der Waals surface area contributed by atoms with Gasteiger partial charge in [0.25, 0.3) is 5.91 Å². The Morgan fingerprint density at radius 1 is 1.46 bits per heavy atom. The average molecular weight is 471 g/mol. The van der Waals surface area contributed by atoms with Crippen LogP contribution in [0.5, 0.6) is 0 Å². The Morgan fingerprint density at radius 3 is 2.71 bits per heavy atom. The van der Waals surface area contributed by atoms with E-state index in [-0.39, 0.29) is 21.5 Å². The molecular weight excluding hydrogens is 457 g/mol. The normalized spacial score (nSPS) is 13.9. The monoisotopic (exact) mass is 470 g/mol. The number of rotatable bonds is 4. The number of nitrogens with one attached hydrogen (secondary N) is 1. The number of carbonyl (C=O) groups is 1. The van der Waals surface area contributed by atoms with Gasteiger partial charge in [0.1, 0.15) is 0 Å². The minimum atomic E-state index is -4.69. The smallest absolute Gasteiger partial charge is 0.335 e. The van der Waals surface area contributed by atoms with Crippen LogP contribution in [0.4, 0.5) is 13.2 Å². The lowest BCUT2D eigenvalue weighted by Crippen LogP contribution is -2.44. The molecule has 3 heterocycles. The summed E-state index contributed by atoms with van der Waals surface area (Å²) in [6, 6.07) is 4.30. The zero-order valence-corrected chi connectivity index (χ0v) is 17.2. The molecule has 0 bridgehead atoms. The number of nitrogens with zero attached hydrogens (tertiary/aromatic N) is 3. The Kier molecular flexibility index (Phi) is 5.25. The van der Waals surface area contributed by atoms with Gasteiger partial charge in [-0.3, -0.25) is 4.79 Å². The highest BCUT2D eigenvalue weighted by Crippen LogP contribution is 2.35. The Balaban J connectivity index is 2.19. The van der Waals surface area contributed by atoms with Crippen molar-refractivity contribution < 1.29 is 18.0 Å². The summed E-state index contributed by atoms with van der Waals surface area (Å²) in [7, 11) is 0. The predicted molar refractivity (Wildman–Crippen MR) is 104 cm³/mol. The number of terminal acetylenes is 1. The Labute approximate surface area is 171 Å². The van der Waals surface area contributed by atoms with E-state index >= 15 is 0 Å². The van der Waals surface area contributed by atoms with Gasteiger partial charge in [-0.25, -0.2) is 9.50 Å². The molecule has 3 aromatic rings. The van der Waals surface area contributed by atoms with E-state index in [4.69, 9.17) is 6.42 Å². The van der Waals surface area contributed by atoms with Crippen molar-refractivity contribution in [3.8, 4) is 22.9 Å². The Hall–Kier alpha value is -2.38. The van der Waals surface area contributed by atoms with Crippen molar-refractivity contribution in [2.24, 2.45) is 0 Å². The number of halogens is 4. The lowest BCUT2D eigenvalue weighted by Gasteiger charge is -2.22. The molecule has 1 atom stereocenters. The van der Waals surface area contributed by atoms with Gasteiger partial charge in [0.05, 0.1) is 20.6 Å². The standard InChI is InChI=1S/C18H14BrF3N4OS/c1-4-17(3,5-2)24-16(27)14-13(19)15-23-10(11-7-6-8-28-11)9-12(18(20,21)22)26(15)25-14/h1,6-9H,5H2,2-3H3,(H,24,27)/t17-/m0/s1. The molecule has 28 heavy (non-hydrogen) atoms. The lowest BCUT2D eigenvalue weighted by molar-refractivity contribution is -0.142. The Morgan fingerprint density at radius 2 is 2.18 bits per heavy atom. The molecule has 1 amide bonds. The number of carbonyl (C=O) groups excluding carboxylic acids is 1. The van der Waals surface area contributed by atoms with E-state index in [1.54, 1.807) is 31.4 Å². The van der Waals surface area contributed by atoms with E-state index in [1.807, 2.05) is 0 Å². The molecule has 0 aromatic carbocycles. The predicted octanol–water partition coefficient (Wildman–Crippen LogP) is 4.77. The molecule has 146 valence electrons. The molecule has 0 saturated carbocycles. The van der Waals surface area contributed by atoms with Crippen LogP contribution in [0, 0.1) is 12.3 Å². The molecule has 0 unspecified atom stereocenters. The van der Waals surface area contributed by atoms with Crippen molar-refractivity contribution in [1.82, 2.24) is 19.9 Å². The van der Waals surface area contributed by atoms with Crippen molar-refractivity contribution in [1.29, 1.82) is 0 Å². The molecule has 0 fully saturated rings. The van der Waals surface area contributed by atoms with Crippen LogP contribution in [0.25, 0.3) is 16.2 Å². The maximum Gasteiger partial charge on any atom is 0.433 e. The summed E-state index contributed by atoms with van der Waals surface area (Å²) >= 11 is 4.44. The molecule has 0 aliphatic heterocycles. The second-order valence-electron chi connectivity index (χ2n) is 6.18. The third-order valence-corrected chi connectivity index (χ3v) is 5.85. The first-order valence-corrected chi connectivity index (χ1v) is 9.77. The molecule has 0 radical (unpaired) electrons. The van der Waals surface area contributed by atoms with Crippen molar-refractivity contribution in [2.75, 3.05) is 0 Å². The van der Waals surface area contributed by atoms with Crippen molar-refractivity contribution in [3.05, 3.63) is 39.4 Å². The summed E-state index contributed by atoms with van der Waals surface area (Å²) in [5.74, 6) is 1.78. The van der Waals surface area contributed by atoms with Gasteiger partial charge < -0.3 is 5.32 Å². The van der Waals surface area contributed by atoms with Gasteiger partial charge >= 0.3 is 6.18 Å². The average Bonchev–Trinajstić information content (AvgIpc) is 3.28. The van der Waals surface area contributed by atoms with Crippen LogP contribution >= 0.6 is 27.3 Å². The maximum atomic E-state index is 13.6. The van der Waals surface area contributed by atoms with Gasteiger partial charge in [-0.2, -0.15) is 18.3 Å². The topological polar surface area (TPSA) is 59.3 Å². The number of hydrogen-bond acceptors (Lipinski definition) is 4. The highest BCUT2D eigenvalue weighted by atomic mass is 79.9. The van der Waals surface area contributed by atoms with Gasteiger partial charge in [0, 0.05) is 0 Å². The first-order chi connectivity index (χ1) is 13.1. The number of amides is 1. The quantitative estimate of drug-likeness (QED) is 0.558. The molecule has 3 rings (SSSR count). The number of hydrogen-bond donors (Lipinski definition) is 1. The van der Waals surface area contributed by atoms with Gasteiger partial charge in [-0.15, -0.1) is 17.8 Å². The van der Waals surface area contributed by atoms with Crippen LogP contribution in [0.3, 0.4) is 0 Å². The fourth-order valence-electron chi connectivity index (χ4n) is 2.43. The summed E-state index contributed by atoms with van der Waals surface area (Å²) in [6.07, 6.45) is 1.20. The number of fused-ring (bicyclic) bond motifs is 1. The molecule has 10 heteroatoms. The van der Waals surface area contributed by atoms with Crippen molar-refractivity contribution in [2.45, 2.75) is 32.0 Å². The molecule has 0 spiro atoms. The van der Waals surface area contributed by atoms with Gasteiger partial charge in [-0.05, 0) is 46.8 Å². The molecule has 0 saturated heterocycles. The van der Waals surface area contributed by atoms with Crippen molar-refractivity contribution in [3.63, 3.8) is 0 Å². The lowest BCUT2D eigenvalue weighted by atomic mass is 10.0. The summed E-state index contributed by atoms with van der Waals surface area (Å²) in [5, 5.41) is 8.23. The van der Waals surface area contributed by atoms with Crippen LogP contribution in [0.1, 0.15) is 36.5 Å². The number of thiophene rings is 1. The van der Waals surface area contributed by atoms with Crippen LogP contribution < -0.4 is 5.32 Å². The minimum Gasteiger partial charge on any atom is -0.335 e. The molecule has 5 nitrogen and oxygen atoms in total. The van der Waals surface area contributed by atoms with Gasteiger partial charge in [-0.1, -0.05) is 18.9 Å². The molecular formula is C18H14BrF3N4OS. The molecule has 0 aliphatic rings. The third-order valence-electron chi connectivity index (χ3n) is 4.23.